The predicted octanol–water partition coefficient (Wildman–Crippen LogP) is 2.74. The normalized spacial score (nSPS) is 17.7. The van der Waals surface area contributed by atoms with E-state index >= 15 is 0 Å². The van der Waals surface area contributed by atoms with Crippen molar-refractivity contribution in [1.82, 2.24) is 9.47 Å². The van der Waals surface area contributed by atoms with Crippen molar-refractivity contribution in [2.75, 3.05) is 58.5 Å². The molecule has 0 radical (unpaired) electrons. The largest absolute Gasteiger partial charge is 0.460 e. The molecule has 0 aliphatic carbocycles. The van der Waals surface area contributed by atoms with Crippen LogP contribution in [-0.4, -0.2) is 73.9 Å². The Kier molecular flexibility index (Phi) is 8.88. The summed E-state index contributed by atoms with van der Waals surface area (Å²) in [6, 6.07) is 10.8. The molecule has 1 unspecified atom stereocenters. The summed E-state index contributed by atoms with van der Waals surface area (Å²) in [7, 11) is 3.56. The Labute approximate surface area is 250 Å². The summed E-state index contributed by atoms with van der Waals surface area (Å²) < 4.78 is 12.3. The van der Waals surface area contributed by atoms with Gasteiger partial charge in [-0.05, 0) is 43.8 Å². The number of thiazole rings is 1. The SMILES string of the molecule is COCCOC(=O)C1=C(C)N=c2sc(=Cc3cc([N+](=O)[O-])ccc3N3CCN(C)CC3)c(=O)n2C1c1ccc(Cl)cc1. The third kappa shape index (κ3) is 6.02. The van der Waals surface area contributed by atoms with Crippen LogP contribution < -0.4 is 19.8 Å². The van der Waals surface area contributed by atoms with E-state index in [2.05, 4.69) is 21.8 Å². The van der Waals surface area contributed by atoms with Crippen LogP contribution in [0.25, 0.3) is 6.08 Å². The maximum Gasteiger partial charge on any atom is 0.338 e. The minimum atomic E-state index is -0.807. The van der Waals surface area contributed by atoms with Gasteiger partial charge in [-0.3, -0.25) is 19.5 Å². The highest BCUT2D eigenvalue weighted by Gasteiger charge is 2.33. The number of esters is 1. The molecule has 2 aliphatic rings. The number of likely N-dealkylation sites (N-methyl/N-ethyl adjacent to an activating group) is 1. The van der Waals surface area contributed by atoms with Crippen molar-refractivity contribution < 1.29 is 19.2 Å². The van der Waals surface area contributed by atoms with Crippen molar-refractivity contribution in [1.29, 1.82) is 0 Å². The molecule has 1 atom stereocenters. The summed E-state index contributed by atoms with van der Waals surface area (Å²) >= 11 is 7.31. The van der Waals surface area contributed by atoms with Crippen LogP contribution in [-0.2, 0) is 14.3 Å². The van der Waals surface area contributed by atoms with Crippen molar-refractivity contribution in [3.8, 4) is 0 Å². The van der Waals surface area contributed by atoms with E-state index in [4.69, 9.17) is 21.1 Å². The number of nitro benzene ring substituents is 1. The minimum Gasteiger partial charge on any atom is -0.460 e. The first kappa shape index (κ1) is 29.6. The molecule has 2 aromatic carbocycles. The topological polar surface area (TPSA) is 120 Å². The van der Waals surface area contributed by atoms with Gasteiger partial charge in [-0.1, -0.05) is 35.1 Å². The summed E-state index contributed by atoms with van der Waals surface area (Å²) in [5, 5.41) is 12.2. The van der Waals surface area contributed by atoms with E-state index in [0.29, 0.717) is 31.2 Å². The number of methoxy groups -OCH3 is 1. The molecule has 1 fully saturated rings. The van der Waals surface area contributed by atoms with Gasteiger partial charge in [-0.15, -0.1) is 0 Å². The average molecular weight is 612 g/mol. The molecular weight excluding hydrogens is 582 g/mol. The Balaban J connectivity index is 1.66. The standard InChI is InChI=1S/C29H30ClN5O6S/c1-18-25(28(37)41-15-14-40-3)26(19-4-6-21(30)7-5-19)34-27(36)24(42-29(34)31-18)17-20-16-22(35(38)39)8-9-23(20)33-12-10-32(2)11-13-33/h4-9,16-17,26H,10-15H2,1-3H3. The van der Waals surface area contributed by atoms with Crippen LogP contribution in [0.3, 0.4) is 0 Å². The minimum absolute atomic E-state index is 0.0473. The number of aromatic nitrogens is 1. The maximum absolute atomic E-state index is 14.1. The van der Waals surface area contributed by atoms with E-state index in [9.17, 15) is 19.7 Å². The monoisotopic (exact) mass is 611 g/mol. The van der Waals surface area contributed by atoms with Crippen LogP contribution >= 0.6 is 22.9 Å². The van der Waals surface area contributed by atoms with Gasteiger partial charge in [-0.25, -0.2) is 9.79 Å². The number of nitro groups is 1. The lowest BCUT2D eigenvalue weighted by Gasteiger charge is -2.34. The number of ether oxygens (including phenoxy) is 2. The lowest BCUT2D eigenvalue weighted by molar-refractivity contribution is -0.384. The van der Waals surface area contributed by atoms with Gasteiger partial charge in [0.25, 0.3) is 11.2 Å². The van der Waals surface area contributed by atoms with Crippen molar-refractivity contribution in [2.45, 2.75) is 13.0 Å². The molecule has 0 saturated carbocycles. The van der Waals surface area contributed by atoms with Crippen molar-refractivity contribution in [3.05, 3.63) is 99.7 Å². The van der Waals surface area contributed by atoms with E-state index in [1.165, 1.54) is 35.1 Å². The van der Waals surface area contributed by atoms with E-state index in [1.807, 2.05) is 0 Å². The van der Waals surface area contributed by atoms with Crippen LogP contribution in [0.2, 0.25) is 5.02 Å². The van der Waals surface area contributed by atoms with Crippen LogP contribution in [0.4, 0.5) is 11.4 Å². The Hall–Kier alpha value is -3.84. The first-order valence-corrected chi connectivity index (χ1v) is 14.5. The number of nitrogens with zero attached hydrogens (tertiary/aromatic N) is 5. The molecule has 11 nitrogen and oxygen atoms in total. The zero-order valence-electron chi connectivity index (χ0n) is 23.4. The Morgan fingerprint density at radius 2 is 1.88 bits per heavy atom. The fourth-order valence-electron chi connectivity index (χ4n) is 5.09. The van der Waals surface area contributed by atoms with Crippen LogP contribution in [0, 0.1) is 10.1 Å². The predicted molar refractivity (Wildman–Crippen MR) is 161 cm³/mol. The molecule has 5 rings (SSSR count). The number of non-ortho nitro benzene ring substituents is 1. The summed E-state index contributed by atoms with van der Waals surface area (Å²) in [5.74, 6) is -0.599. The Morgan fingerprint density at radius 3 is 2.55 bits per heavy atom. The molecule has 2 aliphatic heterocycles. The number of allylic oxidation sites excluding steroid dienone is 1. The number of halogens is 1. The smallest absolute Gasteiger partial charge is 0.338 e. The average Bonchev–Trinajstić information content (AvgIpc) is 3.27. The lowest BCUT2D eigenvalue weighted by Crippen LogP contribution is -2.44. The van der Waals surface area contributed by atoms with Gasteiger partial charge in [0.05, 0.1) is 33.4 Å². The third-order valence-corrected chi connectivity index (χ3v) is 8.54. The van der Waals surface area contributed by atoms with E-state index in [0.717, 1.165) is 31.9 Å². The van der Waals surface area contributed by atoms with Crippen LogP contribution in [0.5, 0.6) is 0 Å². The molecule has 42 heavy (non-hydrogen) atoms. The van der Waals surface area contributed by atoms with Crippen molar-refractivity contribution in [3.63, 3.8) is 0 Å². The number of anilines is 1. The number of fused-ring (bicyclic) bond motifs is 1. The Bertz CT molecular complexity index is 1720. The fourth-order valence-corrected chi connectivity index (χ4v) is 6.25. The highest BCUT2D eigenvalue weighted by Crippen LogP contribution is 2.32. The first-order valence-electron chi connectivity index (χ1n) is 13.3. The van der Waals surface area contributed by atoms with Gasteiger partial charge in [0.2, 0.25) is 0 Å². The first-order chi connectivity index (χ1) is 20.2. The van der Waals surface area contributed by atoms with Gasteiger partial charge in [-0.2, -0.15) is 0 Å². The zero-order chi connectivity index (χ0) is 30.0. The number of hydrogen-bond acceptors (Lipinski definition) is 10. The number of carbonyl (C=O) groups is 1. The van der Waals surface area contributed by atoms with E-state index < -0.39 is 16.9 Å². The molecule has 0 bridgehead atoms. The molecule has 3 aromatic rings. The van der Waals surface area contributed by atoms with Gasteiger partial charge in [0.1, 0.15) is 6.61 Å². The number of carbonyl (C=O) groups excluding carboxylic acids is 1. The lowest BCUT2D eigenvalue weighted by atomic mass is 9.96. The summed E-state index contributed by atoms with van der Waals surface area (Å²) in [6.45, 7) is 5.18. The van der Waals surface area contributed by atoms with Crippen molar-refractivity contribution >= 4 is 46.4 Å². The number of hydrogen-bond donors (Lipinski definition) is 0. The fraction of sp³-hybridized carbons (Fsp3) is 0.345. The highest BCUT2D eigenvalue weighted by atomic mass is 35.5. The number of benzene rings is 2. The zero-order valence-corrected chi connectivity index (χ0v) is 25.0. The van der Waals surface area contributed by atoms with Gasteiger partial charge in [0.15, 0.2) is 4.80 Å². The van der Waals surface area contributed by atoms with Gasteiger partial charge in [0, 0.05) is 61.7 Å². The third-order valence-electron chi connectivity index (χ3n) is 7.30. The van der Waals surface area contributed by atoms with E-state index in [-0.39, 0.29) is 30.0 Å². The van der Waals surface area contributed by atoms with Crippen LogP contribution in [0.1, 0.15) is 24.1 Å². The Morgan fingerprint density at radius 1 is 1.17 bits per heavy atom. The highest BCUT2D eigenvalue weighted by molar-refractivity contribution is 7.07. The molecule has 0 N–H and O–H groups in total. The second-order valence-corrected chi connectivity index (χ2v) is 11.5. The molecule has 1 saturated heterocycles. The number of rotatable bonds is 8. The number of piperazine rings is 1. The second kappa shape index (κ2) is 12.6. The van der Waals surface area contributed by atoms with Crippen molar-refractivity contribution in [2.24, 2.45) is 4.99 Å². The molecular formula is C29H30ClN5O6S. The molecule has 0 spiro atoms. The maximum atomic E-state index is 14.1. The summed E-state index contributed by atoms with van der Waals surface area (Å²) in [4.78, 5) is 48.0. The summed E-state index contributed by atoms with van der Waals surface area (Å²) in [5.41, 5.74) is 2.27. The molecule has 0 amide bonds. The van der Waals surface area contributed by atoms with E-state index in [1.54, 1.807) is 43.3 Å². The molecule has 220 valence electrons. The van der Waals surface area contributed by atoms with Gasteiger partial charge >= 0.3 is 5.97 Å². The molecule has 1 aromatic heterocycles. The second-order valence-electron chi connectivity index (χ2n) is 10.1. The van der Waals surface area contributed by atoms with Gasteiger partial charge < -0.3 is 19.3 Å². The summed E-state index contributed by atoms with van der Waals surface area (Å²) in [6.07, 6.45) is 1.68. The molecule has 13 heteroatoms. The quantitative estimate of drug-likeness (QED) is 0.165. The molecule has 3 heterocycles. The van der Waals surface area contributed by atoms with Crippen LogP contribution in [0.15, 0.2) is 63.5 Å².